The quantitative estimate of drug-likeness (QED) is 0.324. The molecule has 2 aromatic heterocycles. The van der Waals surface area contributed by atoms with Gasteiger partial charge in [0.1, 0.15) is 11.3 Å². The molecular weight excluding hydrogens is 455 g/mol. The van der Waals surface area contributed by atoms with Gasteiger partial charge in [0, 0.05) is 25.7 Å². The lowest BCUT2D eigenvalue weighted by atomic mass is 10.0. The average molecular weight is 483 g/mol. The lowest BCUT2D eigenvalue weighted by Gasteiger charge is -2.10. The number of halogens is 2. The summed E-state index contributed by atoms with van der Waals surface area (Å²) in [4.78, 5) is 9.24. The summed E-state index contributed by atoms with van der Waals surface area (Å²) in [5.74, 6) is 1.36. The van der Waals surface area contributed by atoms with Crippen LogP contribution in [0.5, 0.6) is 0 Å². The second-order valence-electron chi connectivity index (χ2n) is 8.23. The van der Waals surface area contributed by atoms with Crippen molar-refractivity contribution in [1.82, 2.24) is 25.1 Å². The molecule has 0 saturated heterocycles. The standard InChI is InChI=1S/C25H28Cl2N6/c1-15-8-9-18(14-16(15)2)10-11-28-12-13-29-25-23-22(30-17(3)31-25)24(33(4)32-23)21-19(26)6-5-7-20(21)27/h5-9,14,28H,10-13H2,1-4H3,(H,29,30,31). The molecule has 2 N–H and O–H groups in total. The SMILES string of the molecule is Cc1nc(NCCNCCc2ccc(C)c(C)c2)c2nn(C)c(-c3c(Cl)cccc3Cl)c2n1. The number of fused-ring (bicyclic) bond motifs is 1. The van der Waals surface area contributed by atoms with Gasteiger partial charge in [-0.2, -0.15) is 5.10 Å². The van der Waals surface area contributed by atoms with E-state index >= 15 is 0 Å². The molecule has 0 spiro atoms. The van der Waals surface area contributed by atoms with Crippen LogP contribution < -0.4 is 10.6 Å². The summed E-state index contributed by atoms with van der Waals surface area (Å²) in [6.45, 7) is 8.62. The van der Waals surface area contributed by atoms with Crippen LogP contribution in [0.4, 0.5) is 5.82 Å². The Hall–Kier alpha value is -2.67. The van der Waals surface area contributed by atoms with Crippen LogP contribution in [0, 0.1) is 20.8 Å². The highest BCUT2D eigenvalue weighted by molar-refractivity contribution is 6.39. The van der Waals surface area contributed by atoms with Gasteiger partial charge < -0.3 is 10.6 Å². The topological polar surface area (TPSA) is 67.7 Å². The van der Waals surface area contributed by atoms with E-state index < -0.39 is 0 Å². The predicted octanol–water partition coefficient (Wildman–Crippen LogP) is 5.51. The van der Waals surface area contributed by atoms with Gasteiger partial charge in [0.25, 0.3) is 0 Å². The van der Waals surface area contributed by atoms with Crippen LogP contribution >= 0.6 is 23.2 Å². The molecular formula is C25H28Cl2N6. The first-order chi connectivity index (χ1) is 15.8. The zero-order valence-electron chi connectivity index (χ0n) is 19.3. The third-order valence-electron chi connectivity index (χ3n) is 5.75. The van der Waals surface area contributed by atoms with E-state index in [-0.39, 0.29) is 0 Å². The molecule has 0 aliphatic rings. The molecule has 4 aromatic rings. The Balaban J connectivity index is 1.45. The maximum Gasteiger partial charge on any atom is 0.158 e. The van der Waals surface area contributed by atoms with Crippen molar-refractivity contribution in [2.45, 2.75) is 27.2 Å². The largest absolute Gasteiger partial charge is 0.367 e. The lowest BCUT2D eigenvalue weighted by Crippen LogP contribution is -2.24. The summed E-state index contributed by atoms with van der Waals surface area (Å²) in [6.07, 6.45) is 1.00. The number of benzene rings is 2. The van der Waals surface area contributed by atoms with Crippen LogP contribution in [0.3, 0.4) is 0 Å². The fourth-order valence-corrected chi connectivity index (χ4v) is 4.47. The van der Waals surface area contributed by atoms with E-state index in [2.05, 4.69) is 57.7 Å². The van der Waals surface area contributed by atoms with E-state index in [0.717, 1.165) is 42.8 Å². The molecule has 8 heteroatoms. The number of rotatable bonds is 8. The molecule has 0 amide bonds. The summed E-state index contributed by atoms with van der Waals surface area (Å²) >= 11 is 12.9. The van der Waals surface area contributed by atoms with E-state index in [1.54, 1.807) is 4.68 Å². The molecule has 0 aliphatic heterocycles. The van der Waals surface area contributed by atoms with E-state index in [1.165, 1.54) is 16.7 Å². The van der Waals surface area contributed by atoms with E-state index in [1.807, 2.05) is 32.2 Å². The smallest absolute Gasteiger partial charge is 0.158 e. The molecule has 2 aromatic carbocycles. The Morgan fingerprint density at radius 3 is 2.36 bits per heavy atom. The fourth-order valence-electron chi connectivity index (χ4n) is 3.89. The number of nitrogens with one attached hydrogen (secondary N) is 2. The van der Waals surface area contributed by atoms with Gasteiger partial charge in [0.15, 0.2) is 11.3 Å². The van der Waals surface area contributed by atoms with Crippen LogP contribution in [-0.4, -0.2) is 39.4 Å². The Morgan fingerprint density at radius 2 is 1.64 bits per heavy atom. The lowest BCUT2D eigenvalue weighted by molar-refractivity contribution is 0.698. The maximum atomic E-state index is 6.47. The van der Waals surface area contributed by atoms with Crippen LogP contribution in [0.1, 0.15) is 22.5 Å². The van der Waals surface area contributed by atoms with Gasteiger partial charge in [-0.3, -0.25) is 4.68 Å². The molecule has 0 unspecified atom stereocenters. The van der Waals surface area contributed by atoms with Crippen molar-refractivity contribution in [2.24, 2.45) is 7.05 Å². The minimum atomic E-state index is 0.561. The predicted molar refractivity (Wildman–Crippen MR) is 137 cm³/mol. The fraction of sp³-hybridized carbons (Fsp3) is 0.320. The molecule has 4 rings (SSSR count). The van der Waals surface area contributed by atoms with Gasteiger partial charge in [0.05, 0.1) is 15.7 Å². The summed E-state index contributed by atoms with van der Waals surface area (Å²) in [6, 6.07) is 12.1. The molecule has 33 heavy (non-hydrogen) atoms. The molecule has 6 nitrogen and oxygen atoms in total. The number of nitrogens with zero attached hydrogens (tertiary/aromatic N) is 4. The van der Waals surface area contributed by atoms with Crippen molar-refractivity contribution in [3.8, 4) is 11.3 Å². The first-order valence-corrected chi connectivity index (χ1v) is 11.8. The van der Waals surface area contributed by atoms with Gasteiger partial charge in [-0.15, -0.1) is 0 Å². The molecule has 0 saturated carbocycles. The highest BCUT2D eigenvalue weighted by Crippen LogP contribution is 2.38. The zero-order chi connectivity index (χ0) is 23.5. The molecule has 0 bridgehead atoms. The zero-order valence-corrected chi connectivity index (χ0v) is 20.8. The van der Waals surface area contributed by atoms with Crippen molar-refractivity contribution < 1.29 is 0 Å². The van der Waals surface area contributed by atoms with Crippen molar-refractivity contribution >= 4 is 40.1 Å². The maximum absolute atomic E-state index is 6.47. The second kappa shape index (κ2) is 10.1. The minimum absolute atomic E-state index is 0.561. The van der Waals surface area contributed by atoms with Crippen molar-refractivity contribution in [3.63, 3.8) is 0 Å². The summed E-state index contributed by atoms with van der Waals surface area (Å²) in [5.41, 5.74) is 6.95. The summed E-state index contributed by atoms with van der Waals surface area (Å²) in [7, 11) is 1.87. The highest BCUT2D eigenvalue weighted by Gasteiger charge is 2.21. The normalized spacial score (nSPS) is 11.3. The number of aromatic nitrogens is 4. The van der Waals surface area contributed by atoms with Crippen molar-refractivity contribution in [2.75, 3.05) is 25.0 Å². The average Bonchev–Trinajstić information content (AvgIpc) is 3.09. The van der Waals surface area contributed by atoms with Crippen molar-refractivity contribution in [3.05, 3.63) is 69.0 Å². The third kappa shape index (κ3) is 5.13. The molecule has 0 atom stereocenters. The van der Waals surface area contributed by atoms with Gasteiger partial charge in [-0.25, -0.2) is 9.97 Å². The van der Waals surface area contributed by atoms with E-state index in [4.69, 9.17) is 23.2 Å². The Labute approximate surface area is 204 Å². The van der Waals surface area contributed by atoms with E-state index in [9.17, 15) is 0 Å². The van der Waals surface area contributed by atoms with Crippen LogP contribution in [0.2, 0.25) is 10.0 Å². The Bertz CT molecular complexity index is 1280. The van der Waals surface area contributed by atoms with Crippen LogP contribution in [0.25, 0.3) is 22.3 Å². The highest BCUT2D eigenvalue weighted by atomic mass is 35.5. The number of aryl methyl sites for hydroxylation is 4. The second-order valence-corrected chi connectivity index (χ2v) is 9.05. The first-order valence-electron chi connectivity index (χ1n) is 11.0. The monoisotopic (exact) mass is 482 g/mol. The molecule has 0 radical (unpaired) electrons. The number of hydrogen-bond donors (Lipinski definition) is 2. The first kappa shape index (κ1) is 23.5. The molecule has 172 valence electrons. The Kier molecular flexibility index (Phi) is 7.17. The molecule has 0 fully saturated rings. The molecule has 2 heterocycles. The summed E-state index contributed by atoms with van der Waals surface area (Å²) in [5, 5.41) is 12.7. The van der Waals surface area contributed by atoms with Gasteiger partial charge in [0.2, 0.25) is 0 Å². The van der Waals surface area contributed by atoms with Crippen LogP contribution in [0.15, 0.2) is 36.4 Å². The van der Waals surface area contributed by atoms with Gasteiger partial charge in [-0.05, 0) is 62.6 Å². The Morgan fingerprint density at radius 1 is 0.879 bits per heavy atom. The van der Waals surface area contributed by atoms with E-state index in [0.29, 0.717) is 27.2 Å². The van der Waals surface area contributed by atoms with Crippen LogP contribution in [-0.2, 0) is 13.5 Å². The third-order valence-corrected chi connectivity index (χ3v) is 6.38. The number of hydrogen-bond acceptors (Lipinski definition) is 5. The van der Waals surface area contributed by atoms with Gasteiger partial charge in [-0.1, -0.05) is 47.5 Å². The molecule has 0 aliphatic carbocycles. The number of anilines is 1. The van der Waals surface area contributed by atoms with Crippen molar-refractivity contribution in [1.29, 1.82) is 0 Å². The van der Waals surface area contributed by atoms with Gasteiger partial charge >= 0.3 is 0 Å². The summed E-state index contributed by atoms with van der Waals surface area (Å²) < 4.78 is 1.76. The minimum Gasteiger partial charge on any atom is -0.367 e.